The number of amides is 2. The molecule has 0 bridgehead atoms. The van der Waals surface area contributed by atoms with Gasteiger partial charge in [-0.3, -0.25) is 19.3 Å². The molecule has 4 nitrogen and oxygen atoms in total. The topological polar surface area (TPSA) is 54.5 Å². The molecule has 1 aliphatic heterocycles. The van der Waals surface area contributed by atoms with Crippen LogP contribution >= 0.6 is 0 Å². The molecular formula is C16H25NO3. The van der Waals surface area contributed by atoms with E-state index in [0.717, 1.165) is 25.7 Å². The first-order valence-electron chi connectivity index (χ1n) is 7.53. The van der Waals surface area contributed by atoms with E-state index in [-0.39, 0.29) is 23.5 Å². The summed E-state index contributed by atoms with van der Waals surface area (Å²) < 4.78 is 0. The van der Waals surface area contributed by atoms with E-state index < -0.39 is 0 Å². The van der Waals surface area contributed by atoms with Gasteiger partial charge in [-0.15, -0.1) is 0 Å². The molecule has 4 heteroatoms. The molecule has 0 N–H and O–H groups in total. The molecule has 0 aromatic heterocycles. The van der Waals surface area contributed by atoms with Crippen LogP contribution in [0.15, 0.2) is 12.2 Å². The molecular weight excluding hydrogens is 254 g/mol. The quantitative estimate of drug-likeness (QED) is 0.746. The number of ketones is 1. The van der Waals surface area contributed by atoms with Crippen LogP contribution in [0.3, 0.4) is 0 Å². The lowest BCUT2D eigenvalue weighted by molar-refractivity contribution is -0.138. The summed E-state index contributed by atoms with van der Waals surface area (Å²) in [5.41, 5.74) is 0. The van der Waals surface area contributed by atoms with E-state index >= 15 is 0 Å². The highest BCUT2D eigenvalue weighted by atomic mass is 16.2. The van der Waals surface area contributed by atoms with E-state index in [1.54, 1.807) is 6.92 Å². The van der Waals surface area contributed by atoms with Crippen molar-refractivity contribution in [3.8, 4) is 0 Å². The number of carbonyl (C=O) groups excluding carboxylic acids is 3. The van der Waals surface area contributed by atoms with Crippen LogP contribution in [-0.2, 0) is 14.4 Å². The Labute approximate surface area is 121 Å². The van der Waals surface area contributed by atoms with Gasteiger partial charge >= 0.3 is 0 Å². The molecule has 2 amide bonds. The SMILES string of the molecule is CC(=O)C1CCC(CN2C(=O)C=CC2=O)CC1.CCC. The van der Waals surface area contributed by atoms with Gasteiger partial charge < -0.3 is 0 Å². The zero-order chi connectivity index (χ0) is 15.1. The Hall–Kier alpha value is -1.45. The van der Waals surface area contributed by atoms with Crippen LogP contribution in [0, 0.1) is 11.8 Å². The van der Waals surface area contributed by atoms with Gasteiger partial charge in [0.05, 0.1) is 0 Å². The third-order valence-corrected chi connectivity index (χ3v) is 3.76. The number of carbonyl (C=O) groups is 3. The highest BCUT2D eigenvalue weighted by Gasteiger charge is 2.29. The zero-order valence-electron chi connectivity index (χ0n) is 12.7. The number of imide groups is 1. The smallest absolute Gasteiger partial charge is 0.253 e. The Kier molecular flexibility index (Phi) is 6.62. The molecule has 1 saturated carbocycles. The first kappa shape index (κ1) is 16.6. The molecule has 0 atom stereocenters. The average Bonchev–Trinajstić information content (AvgIpc) is 2.72. The maximum Gasteiger partial charge on any atom is 0.253 e. The number of hydrogen-bond donors (Lipinski definition) is 0. The fraction of sp³-hybridized carbons (Fsp3) is 0.688. The van der Waals surface area contributed by atoms with Gasteiger partial charge in [0.15, 0.2) is 0 Å². The molecule has 112 valence electrons. The second-order valence-corrected chi connectivity index (χ2v) is 5.66. The van der Waals surface area contributed by atoms with Crippen molar-refractivity contribution in [3.63, 3.8) is 0 Å². The fourth-order valence-corrected chi connectivity index (χ4v) is 2.62. The summed E-state index contributed by atoms with van der Waals surface area (Å²) in [5, 5.41) is 0. The van der Waals surface area contributed by atoms with Gasteiger partial charge in [-0.25, -0.2) is 0 Å². The minimum absolute atomic E-state index is 0.189. The van der Waals surface area contributed by atoms with Crippen molar-refractivity contribution in [3.05, 3.63) is 12.2 Å². The second kappa shape index (κ2) is 7.98. The minimum atomic E-state index is -0.205. The van der Waals surface area contributed by atoms with E-state index in [0.29, 0.717) is 12.5 Å². The first-order valence-corrected chi connectivity index (χ1v) is 7.53. The molecule has 0 aromatic rings. The molecule has 0 aromatic carbocycles. The van der Waals surface area contributed by atoms with E-state index in [4.69, 9.17) is 0 Å². The predicted octanol–water partition coefficient (Wildman–Crippen LogP) is 2.72. The van der Waals surface area contributed by atoms with Crippen molar-refractivity contribution >= 4 is 17.6 Å². The molecule has 2 aliphatic rings. The molecule has 20 heavy (non-hydrogen) atoms. The Morgan fingerprint density at radius 3 is 1.95 bits per heavy atom. The van der Waals surface area contributed by atoms with Crippen molar-refractivity contribution in [2.75, 3.05) is 6.54 Å². The Morgan fingerprint density at radius 1 is 1.10 bits per heavy atom. The standard InChI is InChI=1S/C13H17NO3.C3H8/c1-9(15)11-4-2-10(3-5-11)8-14-12(16)6-7-13(14)17;1-3-2/h6-7,10-11H,2-5,8H2,1H3;3H2,1-2H3. The van der Waals surface area contributed by atoms with Crippen LogP contribution in [0.2, 0.25) is 0 Å². The van der Waals surface area contributed by atoms with Crippen LogP contribution in [0.5, 0.6) is 0 Å². The molecule has 1 fully saturated rings. The molecule has 2 rings (SSSR count). The predicted molar refractivity (Wildman–Crippen MR) is 78.0 cm³/mol. The van der Waals surface area contributed by atoms with Gasteiger partial charge in [-0.1, -0.05) is 20.3 Å². The van der Waals surface area contributed by atoms with Crippen molar-refractivity contribution in [1.29, 1.82) is 0 Å². The molecule has 0 unspecified atom stereocenters. The molecule has 0 radical (unpaired) electrons. The van der Waals surface area contributed by atoms with Gasteiger partial charge in [0.2, 0.25) is 0 Å². The van der Waals surface area contributed by atoms with Gasteiger partial charge in [-0.05, 0) is 38.5 Å². The summed E-state index contributed by atoms with van der Waals surface area (Å²) in [6, 6.07) is 0. The number of rotatable bonds is 3. The first-order chi connectivity index (χ1) is 9.49. The number of nitrogens with zero attached hydrogens (tertiary/aromatic N) is 1. The Morgan fingerprint density at radius 2 is 1.55 bits per heavy atom. The van der Waals surface area contributed by atoms with Crippen molar-refractivity contribution in [2.45, 2.75) is 52.9 Å². The van der Waals surface area contributed by atoms with E-state index in [1.807, 2.05) is 0 Å². The fourth-order valence-electron chi connectivity index (χ4n) is 2.62. The summed E-state index contributed by atoms with van der Waals surface area (Å²) in [6.07, 6.45) is 7.54. The maximum atomic E-state index is 11.4. The largest absolute Gasteiger partial charge is 0.300 e. The van der Waals surface area contributed by atoms with Crippen LogP contribution in [-0.4, -0.2) is 29.0 Å². The van der Waals surface area contributed by atoms with Crippen LogP contribution < -0.4 is 0 Å². The zero-order valence-corrected chi connectivity index (χ0v) is 12.7. The summed E-state index contributed by atoms with van der Waals surface area (Å²) >= 11 is 0. The lowest BCUT2D eigenvalue weighted by atomic mass is 9.80. The number of Topliss-reactive ketones (excluding diaryl/α,β-unsaturated/α-hetero) is 1. The normalized spacial score (nSPS) is 25.4. The van der Waals surface area contributed by atoms with Gasteiger partial charge in [0.1, 0.15) is 5.78 Å². The maximum absolute atomic E-state index is 11.4. The molecule has 0 spiro atoms. The third kappa shape index (κ3) is 4.58. The van der Waals surface area contributed by atoms with Gasteiger partial charge in [0.25, 0.3) is 11.8 Å². The van der Waals surface area contributed by atoms with Crippen molar-refractivity contribution < 1.29 is 14.4 Å². The number of hydrogen-bond acceptors (Lipinski definition) is 3. The molecule has 1 aliphatic carbocycles. The second-order valence-electron chi connectivity index (χ2n) is 5.66. The summed E-state index contributed by atoms with van der Waals surface area (Å²) in [7, 11) is 0. The molecule has 1 heterocycles. The third-order valence-electron chi connectivity index (χ3n) is 3.76. The summed E-state index contributed by atoms with van der Waals surface area (Å²) in [4.78, 5) is 35.3. The van der Waals surface area contributed by atoms with E-state index in [9.17, 15) is 14.4 Å². The average molecular weight is 279 g/mol. The summed E-state index contributed by atoms with van der Waals surface area (Å²) in [6.45, 7) is 6.40. The Bertz CT molecular complexity index is 375. The highest BCUT2D eigenvalue weighted by Crippen LogP contribution is 2.30. The minimum Gasteiger partial charge on any atom is -0.300 e. The lowest BCUT2D eigenvalue weighted by Gasteiger charge is -2.29. The van der Waals surface area contributed by atoms with Crippen LogP contribution in [0.4, 0.5) is 0 Å². The highest BCUT2D eigenvalue weighted by molar-refractivity contribution is 6.12. The van der Waals surface area contributed by atoms with Crippen molar-refractivity contribution in [1.82, 2.24) is 4.90 Å². The van der Waals surface area contributed by atoms with E-state index in [2.05, 4.69) is 13.8 Å². The van der Waals surface area contributed by atoms with Gasteiger partial charge in [0, 0.05) is 24.6 Å². The van der Waals surface area contributed by atoms with Gasteiger partial charge in [-0.2, -0.15) is 0 Å². The van der Waals surface area contributed by atoms with Crippen LogP contribution in [0.25, 0.3) is 0 Å². The van der Waals surface area contributed by atoms with Crippen LogP contribution in [0.1, 0.15) is 52.9 Å². The summed E-state index contributed by atoms with van der Waals surface area (Å²) in [5.74, 6) is 0.401. The Balaban J connectivity index is 0.000000612. The lowest BCUT2D eigenvalue weighted by Crippen LogP contribution is -2.36. The van der Waals surface area contributed by atoms with Crippen molar-refractivity contribution in [2.24, 2.45) is 11.8 Å². The van der Waals surface area contributed by atoms with E-state index in [1.165, 1.54) is 23.5 Å². The monoisotopic (exact) mass is 279 g/mol. The molecule has 0 saturated heterocycles.